The lowest BCUT2D eigenvalue weighted by Crippen LogP contribution is -2.17. The summed E-state index contributed by atoms with van der Waals surface area (Å²) in [4.78, 5) is 14.7. The van der Waals surface area contributed by atoms with E-state index in [0.29, 0.717) is 11.2 Å². The summed E-state index contributed by atoms with van der Waals surface area (Å²) >= 11 is 0. The molecule has 3 rings (SSSR count). The number of fused-ring (bicyclic) bond motifs is 1. The van der Waals surface area contributed by atoms with Crippen molar-refractivity contribution in [3.63, 3.8) is 0 Å². The second-order valence-electron chi connectivity index (χ2n) is 5.77. The zero-order chi connectivity index (χ0) is 19.6. The molecule has 0 radical (unpaired) electrons. The Hall–Kier alpha value is -3.20. The highest BCUT2D eigenvalue weighted by Crippen LogP contribution is 2.35. The number of hydrogen-bond donors (Lipinski definition) is 2. The van der Waals surface area contributed by atoms with Crippen LogP contribution in [0.4, 0.5) is 24.5 Å². The fourth-order valence-electron chi connectivity index (χ4n) is 2.82. The number of nitro groups is 1. The fraction of sp³-hybridized carbons (Fsp3) is 0.167. The second-order valence-corrected chi connectivity index (χ2v) is 5.77. The van der Waals surface area contributed by atoms with Gasteiger partial charge >= 0.3 is 6.18 Å². The van der Waals surface area contributed by atoms with E-state index in [0.717, 1.165) is 6.07 Å². The van der Waals surface area contributed by atoms with Gasteiger partial charge in [-0.1, -0.05) is 18.2 Å². The van der Waals surface area contributed by atoms with E-state index in [2.05, 4.69) is 10.3 Å². The van der Waals surface area contributed by atoms with Crippen LogP contribution in [0.25, 0.3) is 10.9 Å². The average Bonchev–Trinajstić information content (AvgIpc) is 2.64. The number of aromatic nitrogens is 1. The lowest BCUT2D eigenvalue weighted by Gasteiger charge is -2.18. The third kappa shape index (κ3) is 3.82. The van der Waals surface area contributed by atoms with Crippen LogP contribution in [0.3, 0.4) is 0 Å². The van der Waals surface area contributed by atoms with E-state index in [4.69, 9.17) is 0 Å². The fourth-order valence-corrected chi connectivity index (χ4v) is 2.82. The molecule has 0 saturated heterocycles. The first kappa shape index (κ1) is 18.6. The van der Waals surface area contributed by atoms with Gasteiger partial charge in [0.05, 0.1) is 27.7 Å². The molecule has 6 nitrogen and oxygen atoms in total. The molecule has 9 heteroatoms. The van der Waals surface area contributed by atoms with Gasteiger partial charge in [0, 0.05) is 18.8 Å². The van der Waals surface area contributed by atoms with Crippen molar-refractivity contribution in [1.82, 2.24) is 4.98 Å². The molecule has 1 heterocycles. The summed E-state index contributed by atoms with van der Waals surface area (Å²) in [5, 5.41) is 24.5. The van der Waals surface area contributed by atoms with Gasteiger partial charge in [0.1, 0.15) is 5.52 Å². The average molecular weight is 377 g/mol. The molecule has 0 aliphatic rings. The lowest BCUT2D eigenvalue weighted by atomic mass is 10.0. The molecule has 0 bridgehead atoms. The highest BCUT2D eigenvalue weighted by atomic mass is 19.4. The number of nitrogens with one attached hydrogen (secondary N) is 1. The van der Waals surface area contributed by atoms with Crippen LogP contribution in [0.2, 0.25) is 0 Å². The van der Waals surface area contributed by atoms with E-state index in [1.165, 1.54) is 42.6 Å². The van der Waals surface area contributed by atoms with Crippen LogP contribution in [0.1, 0.15) is 17.2 Å². The van der Waals surface area contributed by atoms with Crippen LogP contribution < -0.4 is 5.32 Å². The van der Waals surface area contributed by atoms with Crippen molar-refractivity contribution >= 4 is 22.3 Å². The number of nitro benzene ring substituents is 1. The van der Waals surface area contributed by atoms with Crippen molar-refractivity contribution in [2.24, 2.45) is 0 Å². The molecule has 2 aromatic carbocycles. The summed E-state index contributed by atoms with van der Waals surface area (Å²) in [7, 11) is 0. The van der Waals surface area contributed by atoms with Crippen molar-refractivity contribution in [2.45, 2.75) is 12.3 Å². The topological polar surface area (TPSA) is 88.3 Å². The minimum Gasteiger partial charge on any atom is -0.387 e. The Morgan fingerprint density at radius 3 is 2.59 bits per heavy atom. The monoisotopic (exact) mass is 377 g/mol. The molecule has 0 saturated carbocycles. The zero-order valence-electron chi connectivity index (χ0n) is 13.8. The molecule has 1 atom stereocenters. The number of nitrogens with zero attached hydrogens (tertiary/aromatic N) is 2. The molecule has 0 spiro atoms. The van der Waals surface area contributed by atoms with Crippen molar-refractivity contribution in [2.75, 3.05) is 11.9 Å². The van der Waals surface area contributed by atoms with Crippen LogP contribution in [0.15, 0.2) is 54.7 Å². The first-order chi connectivity index (χ1) is 12.8. The standard InChI is InChI=1S/C18H14F3N3O3/c19-18(20,21)13-6-2-1-4-11(13)16(25)10-23-14-7-8-15(24(26)27)12-5-3-9-22-17(12)14/h1-9,16,23,25H,10H2/t16-/m1/s1. The SMILES string of the molecule is O=[N+]([O-])c1ccc(NC[C@@H](O)c2ccccc2C(F)(F)F)c2ncccc12. The summed E-state index contributed by atoms with van der Waals surface area (Å²) in [6.45, 7) is -0.226. The number of non-ortho nitro benzene ring substituents is 1. The van der Waals surface area contributed by atoms with E-state index >= 15 is 0 Å². The van der Waals surface area contributed by atoms with Gasteiger partial charge in [-0.25, -0.2) is 0 Å². The summed E-state index contributed by atoms with van der Waals surface area (Å²) in [5.41, 5.74) is -0.628. The number of rotatable bonds is 5. The third-order valence-electron chi connectivity index (χ3n) is 4.05. The largest absolute Gasteiger partial charge is 0.416 e. The number of benzene rings is 2. The minimum atomic E-state index is -4.58. The summed E-state index contributed by atoms with van der Waals surface area (Å²) < 4.78 is 39.3. The Kier molecular flexibility index (Phi) is 4.95. The van der Waals surface area contributed by atoms with Crippen molar-refractivity contribution in [1.29, 1.82) is 0 Å². The maximum Gasteiger partial charge on any atom is 0.416 e. The van der Waals surface area contributed by atoms with E-state index in [-0.39, 0.29) is 23.2 Å². The van der Waals surface area contributed by atoms with Crippen molar-refractivity contribution in [3.8, 4) is 0 Å². The van der Waals surface area contributed by atoms with Crippen LogP contribution >= 0.6 is 0 Å². The maximum atomic E-state index is 13.1. The van der Waals surface area contributed by atoms with Crippen molar-refractivity contribution < 1.29 is 23.2 Å². The molecule has 140 valence electrons. The highest BCUT2D eigenvalue weighted by molar-refractivity contribution is 5.96. The Balaban J connectivity index is 1.88. The number of aliphatic hydroxyl groups excluding tert-OH is 1. The molecule has 0 unspecified atom stereocenters. The predicted molar refractivity (Wildman–Crippen MR) is 93.3 cm³/mol. The van der Waals surface area contributed by atoms with Crippen LogP contribution in [0.5, 0.6) is 0 Å². The van der Waals surface area contributed by atoms with Gasteiger partial charge in [-0.3, -0.25) is 15.1 Å². The molecular weight excluding hydrogens is 363 g/mol. The predicted octanol–water partition coefficient (Wildman–Crippen LogP) is 4.31. The Labute approximate surface area is 151 Å². The molecule has 27 heavy (non-hydrogen) atoms. The van der Waals surface area contributed by atoms with Gasteiger partial charge in [0.2, 0.25) is 0 Å². The molecule has 0 aliphatic carbocycles. The Morgan fingerprint density at radius 2 is 1.89 bits per heavy atom. The molecule has 3 aromatic rings. The van der Waals surface area contributed by atoms with Gasteiger partial charge in [-0.2, -0.15) is 13.2 Å². The number of alkyl halides is 3. The number of aliphatic hydroxyl groups is 1. The van der Waals surface area contributed by atoms with Gasteiger partial charge in [0.25, 0.3) is 5.69 Å². The van der Waals surface area contributed by atoms with Crippen LogP contribution in [-0.4, -0.2) is 21.6 Å². The van der Waals surface area contributed by atoms with Crippen molar-refractivity contribution in [3.05, 3.63) is 76.0 Å². The number of hydrogen-bond acceptors (Lipinski definition) is 5. The second kappa shape index (κ2) is 7.20. The first-order valence-electron chi connectivity index (χ1n) is 7.89. The summed E-state index contributed by atoms with van der Waals surface area (Å²) in [5.74, 6) is 0. The van der Waals surface area contributed by atoms with Crippen LogP contribution in [-0.2, 0) is 6.18 Å². The number of pyridine rings is 1. The number of anilines is 1. The molecule has 2 N–H and O–H groups in total. The molecule has 1 aromatic heterocycles. The Bertz CT molecular complexity index is 992. The third-order valence-corrected chi connectivity index (χ3v) is 4.05. The molecular formula is C18H14F3N3O3. The van der Waals surface area contributed by atoms with Crippen LogP contribution in [0, 0.1) is 10.1 Å². The normalized spacial score (nSPS) is 12.7. The van der Waals surface area contributed by atoms with E-state index in [1.54, 1.807) is 6.07 Å². The number of halogens is 3. The van der Waals surface area contributed by atoms with Gasteiger partial charge in [0.15, 0.2) is 0 Å². The molecule has 0 fully saturated rings. The van der Waals surface area contributed by atoms with Gasteiger partial charge in [-0.15, -0.1) is 0 Å². The molecule has 0 amide bonds. The highest BCUT2D eigenvalue weighted by Gasteiger charge is 2.34. The first-order valence-corrected chi connectivity index (χ1v) is 7.89. The molecule has 0 aliphatic heterocycles. The smallest absolute Gasteiger partial charge is 0.387 e. The Morgan fingerprint density at radius 1 is 1.15 bits per heavy atom. The van der Waals surface area contributed by atoms with Gasteiger partial charge in [-0.05, 0) is 29.8 Å². The maximum absolute atomic E-state index is 13.1. The van der Waals surface area contributed by atoms with Gasteiger partial charge < -0.3 is 10.4 Å². The van der Waals surface area contributed by atoms with E-state index in [9.17, 15) is 28.4 Å². The lowest BCUT2D eigenvalue weighted by molar-refractivity contribution is -0.383. The summed E-state index contributed by atoms with van der Waals surface area (Å²) in [6.07, 6.45) is -4.57. The quantitative estimate of drug-likeness (QED) is 0.511. The zero-order valence-corrected chi connectivity index (χ0v) is 13.8. The van der Waals surface area contributed by atoms with E-state index < -0.39 is 22.8 Å². The minimum absolute atomic E-state index is 0.133. The summed E-state index contributed by atoms with van der Waals surface area (Å²) in [6, 6.07) is 10.5. The van der Waals surface area contributed by atoms with E-state index in [1.807, 2.05) is 0 Å².